The van der Waals surface area contributed by atoms with Gasteiger partial charge in [0.1, 0.15) is 0 Å². The molecule has 4 rings (SSSR count). The van der Waals surface area contributed by atoms with Crippen LogP contribution < -0.4 is 4.74 Å². The molecular weight excluding hydrogens is 359 g/mol. The van der Waals surface area contributed by atoms with Gasteiger partial charge in [-0.25, -0.2) is 0 Å². The number of nitrogens with zero attached hydrogens (tertiary/aromatic N) is 2. The monoisotopic (exact) mass is 374 g/mol. The number of aliphatic hydroxyl groups excluding tert-OH is 1. The van der Waals surface area contributed by atoms with E-state index < -0.39 is 0 Å². The van der Waals surface area contributed by atoms with Gasteiger partial charge in [-0.3, -0.25) is 0 Å². The minimum absolute atomic E-state index is 0.112. The fourth-order valence-corrected chi connectivity index (χ4v) is 4.39. The number of ether oxygens (including phenoxy) is 1. The van der Waals surface area contributed by atoms with Crippen molar-refractivity contribution in [2.75, 3.05) is 7.11 Å². The number of methoxy groups -OCH3 is 1. The first-order valence-corrected chi connectivity index (χ1v) is 8.96. The van der Waals surface area contributed by atoms with Gasteiger partial charge >= 0.3 is 138 Å². The van der Waals surface area contributed by atoms with Crippen molar-refractivity contribution in [2.45, 2.75) is 6.61 Å². The van der Waals surface area contributed by atoms with Crippen molar-refractivity contribution >= 4 is 24.3 Å². The summed E-state index contributed by atoms with van der Waals surface area (Å²) in [5, 5.41) is 14.0. The zero-order valence-corrected chi connectivity index (χ0v) is 14.1. The van der Waals surface area contributed by atoms with E-state index in [4.69, 9.17) is 14.3 Å². The Kier molecular flexibility index (Phi) is 3.58. The first kappa shape index (κ1) is 14.3. The third kappa shape index (κ3) is 2.32. The molecule has 6 heteroatoms. The van der Waals surface area contributed by atoms with Gasteiger partial charge in [-0.1, -0.05) is 0 Å². The minimum atomic E-state index is -0.112. The second kappa shape index (κ2) is 5.74. The third-order valence-electron chi connectivity index (χ3n) is 3.65. The summed E-state index contributed by atoms with van der Waals surface area (Å²) in [6.07, 6.45) is 0. The summed E-state index contributed by atoms with van der Waals surface area (Å²) in [6, 6.07) is 13.5. The molecule has 1 N–H and O–H groups in total. The number of benzene rings is 1. The van der Waals surface area contributed by atoms with Crippen molar-refractivity contribution in [1.29, 1.82) is 0 Å². The summed E-state index contributed by atoms with van der Waals surface area (Å²) in [7, 11) is 1.66. The first-order valence-electron chi connectivity index (χ1n) is 7.11. The van der Waals surface area contributed by atoms with Crippen molar-refractivity contribution in [3.63, 3.8) is 0 Å². The first-order chi connectivity index (χ1) is 11.3. The Morgan fingerprint density at radius 2 is 2.09 bits per heavy atom. The van der Waals surface area contributed by atoms with E-state index in [-0.39, 0.29) is 21.1 Å². The van der Waals surface area contributed by atoms with E-state index in [2.05, 4.69) is 11.0 Å². The van der Waals surface area contributed by atoms with Gasteiger partial charge in [0.2, 0.25) is 0 Å². The molecule has 3 heterocycles. The maximum absolute atomic E-state index is 9.20. The van der Waals surface area contributed by atoms with Gasteiger partial charge in [-0.05, 0) is 0 Å². The second-order valence-electron chi connectivity index (χ2n) is 4.99. The molecule has 0 fully saturated rings. The topological polar surface area (TPSA) is 60.4 Å². The predicted molar refractivity (Wildman–Crippen MR) is 88.2 cm³/mol. The summed E-state index contributed by atoms with van der Waals surface area (Å²) in [4.78, 5) is 2.17. The van der Waals surface area contributed by atoms with Crippen molar-refractivity contribution in [1.82, 2.24) is 9.78 Å². The van der Waals surface area contributed by atoms with E-state index in [0.29, 0.717) is 11.5 Å². The quantitative estimate of drug-likeness (QED) is 0.559. The van der Waals surface area contributed by atoms with Crippen molar-refractivity contribution < 1.29 is 14.3 Å². The average Bonchev–Trinajstić information content (AvgIpc) is 3.30. The Balaban J connectivity index is 1.94. The molecule has 1 aromatic carbocycles. The molecule has 0 saturated carbocycles. The Morgan fingerprint density at radius 1 is 1.22 bits per heavy atom. The molecule has 0 bridgehead atoms. The Morgan fingerprint density at radius 3 is 2.87 bits per heavy atom. The number of aromatic nitrogens is 2. The van der Waals surface area contributed by atoms with Crippen LogP contribution in [0.15, 0.2) is 51.8 Å². The number of para-hydroxylation sites is 2. The molecule has 0 aliphatic heterocycles. The molecule has 0 aliphatic carbocycles. The molecule has 0 amide bonds. The standard InChI is InChI=1S/C17H14N2O3Se/c1-21-14-5-3-2-4-12(14)19-13-8-9-23-17(13)16(18-19)15-7-6-11(10-20)22-15/h2-9,20H,10H2,1H3. The molecule has 116 valence electrons. The van der Waals surface area contributed by atoms with Crippen LogP contribution in [0, 0.1) is 0 Å². The Labute approximate surface area is 138 Å². The van der Waals surface area contributed by atoms with E-state index in [1.54, 1.807) is 13.2 Å². The summed E-state index contributed by atoms with van der Waals surface area (Å²) < 4.78 is 14.2. The van der Waals surface area contributed by atoms with Crippen LogP contribution in [0.3, 0.4) is 0 Å². The molecule has 0 atom stereocenters. The van der Waals surface area contributed by atoms with Crippen molar-refractivity contribution in [2.24, 2.45) is 0 Å². The maximum atomic E-state index is 9.20. The van der Waals surface area contributed by atoms with E-state index >= 15 is 0 Å². The van der Waals surface area contributed by atoms with Gasteiger partial charge < -0.3 is 0 Å². The fraction of sp³-hybridized carbons (Fsp3) is 0.118. The van der Waals surface area contributed by atoms with Gasteiger partial charge in [0.05, 0.1) is 0 Å². The SMILES string of the molecule is COc1ccccc1-n1nc(-c2ccc(CO)o2)c2[se]ccc21. The number of hydrogen-bond acceptors (Lipinski definition) is 4. The van der Waals surface area contributed by atoms with Crippen LogP contribution in [0.25, 0.3) is 26.9 Å². The normalized spacial score (nSPS) is 11.2. The Bertz CT molecular complexity index is 967. The zero-order valence-electron chi connectivity index (χ0n) is 12.4. The van der Waals surface area contributed by atoms with Crippen molar-refractivity contribution in [3.8, 4) is 22.9 Å². The van der Waals surface area contributed by atoms with E-state index in [1.807, 2.05) is 35.0 Å². The second-order valence-corrected chi connectivity index (χ2v) is 6.91. The van der Waals surface area contributed by atoms with Crippen LogP contribution >= 0.6 is 0 Å². The molecular formula is C17H14N2O3Se. The van der Waals surface area contributed by atoms with Crippen LogP contribution in [-0.4, -0.2) is 36.5 Å². The molecule has 0 aliphatic rings. The van der Waals surface area contributed by atoms with Crippen LogP contribution in [0.5, 0.6) is 5.75 Å². The van der Waals surface area contributed by atoms with Gasteiger partial charge in [0.25, 0.3) is 0 Å². The third-order valence-corrected chi connectivity index (χ3v) is 5.56. The van der Waals surface area contributed by atoms with Gasteiger partial charge in [0.15, 0.2) is 0 Å². The molecule has 23 heavy (non-hydrogen) atoms. The summed E-state index contributed by atoms with van der Waals surface area (Å²) >= 11 is 0.219. The molecule has 3 aromatic heterocycles. The Hall–Kier alpha value is -2.27. The number of aliphatic hydroxyl groups is 1. The van der Waals surface area contributed by atoms with Crippen LogP contribution in [0.2, 0.25) is 0 Å². The predicted octanol–water partition coefficient (Wildman–Crippen LogP) is 2.84. The zero-order chi connectivity index (χ0) is 15.8. The van der Waals surface area contributed by atoms with Crippen molar-refractivity contribution in [3.05, 3.63) is 53.2 Å². The molecule has 0 saturated heterocycles. The fourth-order valence-electron chi connectivity index (χ4n) is 2.59. The van der Waals surface area contributed by atoms with Crippen LogP contribution in [0.4, 0.5) is 0 Å². The molecule has 0 spiro atoms. The van der Waals surface area contributed by atoms with E-state index in [1.165, 1.54) is 4.26 Å². The summed E-state index contributed by atoms with van der Waals surface area (Å²) in [5.74, 6) is 2.00. The molecule has 5 nitrogen and oxygen atoms in total. The molecule has 0 unspecified atom stereocenters. The van der Waals surface area contributed by atoms with E-state index in [0.717, 1.165) is 22.6 Å². The number of furan rings is 1. The van der Waals surface area contributed by atoms with Gasteiger partial charge in [-0.2, -0.15) is 0 Å². The van der Waals surface area contributed by atoms with Gasteiger partial charge in [-0.15, -0.1) is 0 Å². The summed E-state index contributed by atoms with van der Waals surface area (Å²) in [6.45, 7) is -0.112. The number of rotatable bonds is 4. The van der Waals surface area contributed by atoms with Crippen LogP contribution in [-0.2, 0) is 6.61 Å². The number of hydrogen-bond donors (Lipinski definition) is 1. The molecule has 4 aromatic rings. The average molecular weight is 373 g/mol. The van der Waals surface area contributed by atoms with E-state index in [9.17, 15) is 5.11 Å². The summed E-state index contributed by atoms with van der Waals surface area (Å²) in [5.41, 5.74) is 2.79. The van der Waals surface area contributed by atoms with Gasteiger partial charge in [0, 0.05) is 0 Å². The molecule has 0 radical (unpaired) electrons. The number of fused-ring (bicyclic) bond motifs is 1. The van der Waals surface area contributed by atoms with Crippen LogP contribution in [0.1, 0.15) is 5.76 Å².